The summed E-state index contributed by atoms with van der Waals surface area (Å²) in [5, 5.41) is 18.2. The van der Waals surface area contributed by atoms with Gasteiger partial charge in [-0.1, -0.05) is 29.4 Å². The molecule has 0 bridgehead atoms. The summed E-state index contributed by atoms with van der Waals surface area (Å²) in [4.78, 5) is 31.9. The number of rotatable bonds is 8. The fourth-order valence-corrected chi connectivity index (χ4v) is 4.96. The molecule has 1 aliphatic carbocycles. The zero-order valence-corrected chi connectivity index (χ0v) is 22.5. The van der Waals surface area contributed by atoms with E-state index in [1.54, 1.807) is 49.9 Å². The summed E-state index contributed by atoms with van der Waals surface area (Å²) >= 11 is 0. The number of fused-ring (bicyclic) bond motifs is 1. The standard InChI is InChI=1S/C29H33N7O3/c1-5-17-35-27(37)23-18-30-28(33-26(23)36(35)25-8-6-7-24(32-25)29(2,3)38)31-21-13-9-19(10-14-21)20-11-15-22(16-12-20)34-39-4/h5-10,13-14,18,20,38H,1,11-12,15-17H2,2-4H3,(H,30,31,33). The third-order valence-electron chi connectivity index (χ3n) is 6.98. The van der Waals surface area contributed by atoms with Gasteiger partial charge in [-0.05, 0) is 75.3 Å². The topological polar surface area (TPSA) is 119 Å². The fraction of sp³-hybridized carbons (Fsp3) is 0.345. The van der Waals surface area contributed by atoms with Crippen molar-refractivity contribution >= 4 is 28.4 Å². The zero-order chi connectivity index (χ0) is 27.6. The summed E-state index contributed by atoms with van der Waals surface area (Å²) in [5.41, 5.74) is 2.76. The Morgan fingerprint density at radius 3 is 2.59 bits per heavy atom. The second kappa shape index (κ2) is 10.8. The second-order valence-corrected chi connectivity index (χ2v) is 10.2. The van der Waals surface area contributed by atoms with Crippen LogP contribution in [0.2, 0.25) is 0 Å². The van der Waals surface area contributed by atoms with E-state index in [0.717, 1.165) is 37.1 Å². The van der Waals surface area contributed by atoms with Crippen molar-refractivity contribution in [2.75, 3.05) is 12.4 Å². The first-order valence-electron chi connectivity index (χ1n) is 13.0. The molecule has 1 aliphatic rings. The van der Waals surface area contributed by atoms with Crippen LogP contribution in [0.4, 0.5) is 11.6 Å². The number of oxime groups is 1. The van der Waals surface area contributed by atoms with Crippen LogP contribution in [0.15, 0.2) is 71.3 Å². The molecule has 0 unspecified atom stereocenters. The van der Waals surface area contributed by atoms with Crippen LogP contribution in [0.1, 0.15) is 56.7 Å². The van der Waals surface area contributed by atoms with Crippen molar-refractivity contribution in [2.45, 2.75) is 57.6 Å². The lowest BCUT2D eigenvalue weighted by atomic mass is 9.83. The predicted octanol–water partition coefficient (Wildman–Crippen LogP) is 4.79. The van der Waals surface area contributed by atoms with Gasteiger partial charge in [-0.15, -0.1) is 6.58 Å². The van der Waals surface area contributed by atoms with Crippen LogP contribution in [0.3, 0.4) is 0 Å². The van der Waals surface area contributed by atoms with Crippen LogP contribution in [-0.2, 0) is 17.0 Å². The molecular weight excluding hydrogens is 494 g/mol. The van der Waals surface area contributed by atoms with Gasteiger partial charge >= 0.3 is 0 Å². The highest BCUT2D eigenvalue weighted by Gasteiger charge is 2.22. The maximum Gasteiger partial charge on any atom is 0.278 e. The summed E-state index contributed by atoms with van der Waals surface area (Å²) in [6, 6.07) is 13.6. The number of nitrogens with zero attached hydrogens (tertiary/aromatic N) is 6. The zero-order valence-electron chi connectivity index (χ0n) is 22.5. The molecule has 2 N–H and O–H groups in total. The van der Waals surface area contributed by atoms with Crippen LogP contribution in [0.5, 0.6) is 0 Å². The summed E-state index contributed by atoms with van der Waals surface area (Å²) < 4.78 is 3.16. The van der Waals surface area contributed by atoms with E-state index in [0.29, 0.717) is 34.4 Å². The molecule has 0 aliphatic heterocycles. The van der Waals surface area contributed by atoms with Gasteiger partial charge in [0.15, 0.2) is 11.5 Å². The van der Waals surface area contributed by atoms with E-state index in [1.165, 1.54) is 16.4 Å². The molecule has 10 heteroatoms. The maximum atomic E-state index is 13.2. The average Bonchev–Trinajstić information content (AvgIpc) is 3.20. The molecule has 3 heterocycles. The minimum atomic E-state index is -1.15. The highest BCUT2D eigenvalue weighted by Crippen LogP contribution is 2.32. The molecule has 0 spiro atoms. The molecule has 0 radical (unpaired) electrons. The SMILES string of the molecule is C=CCn1c(=O)c2cnc(Nc3ccc(C4CCC(=NOC)CC4)cc3)nc2n1-c1cccc(C(C)(C)O)n1. The summed E-state index contributed by atoms with van der Waals surface area (Å²) in [6.07, 6.45) is 7.17. The van der Waals surface area contributed by atoms with E-state index < -0.39 is 5.60 Å². The molecular formula is C29H33N7O3. The Morgan fingerprint density at radius 2 is 1.92 bits per heavy atom. The van der Waals surface area contributed by atoms with E-state index in [1.807, 2.05) is 12.1 Å². The Morgan fingerprint density at radius 1 is 1.18 bits per heavy atom. The maximum absolute atomic E-state index is 13.2. The largest absolute Gasteiger partial charge is 0.399 e. The van der Waals surface area contributed by atoms with Crippen LogP contribution in [-0.4, -0.2) is 42.2 Å². The lowest BCUT2D eigenvalue weighted by molar-refractivity contribution is 0.0738. The van der Waals surface area contributed by atoms with E-state index in [2.05, 4.69) is 39.2 Å². The first kappa shape index (κ1) is 26.3. The molecule has 4 aromatic rings. The third kappa shape index (κ3) is 5.46. The van der Waals surface area contributed by atoms with Gasteiger partial charge in [0.1, 0.15) is 18.1 Å². The van der Waals surface area contributed by atoms with Crippen LogP contribution >= 0.6 is 0 Å². The van der Waals surface area contributed by atoms with Crippen molar-refractivity contribution in [1.82, 2.24) is 24.3 Å². The number of aliphatic hydroxyl groups is 1. The van der Waals surface area contributed by atoms with E-state index in [9.17, 15) is 9.90 Å². The number of hydrogen-bond donors (Lipinski definition) is 2. The number of anilines is 2. The van der Waals surface area contributed by atoms with Crippen molar-refractivity contribution in [3.63, 3.8) is 0 Å². The first-order chi connectivity index (χ1) is 18.8. The van der Waals surface area contributed by atoms with Gasteiger partial charge in [-0.3, -0.25) is 4.79 Å². The number of aromatic nitrogens is 5. The van der Waals surface area contributed by atoms with Crippen molar-refractivity contribution in [2.24, 2.45) is 5.16 Å². The van der Waals surface area contributed by atoms with Gasteiger partial charge in [-0.2, -0.15) is 4.98 Å². The smallest absolute Gasteiger partial charge is 0.278 e. The molecule has 1 saturated carbocycles. The Hall–Kier alpha value is -4.31. The molecule has 0 amide bonds. The van der Waals surface area contributed by atoms with Gasteiger partial charge in [0.25, 0.3) is 5.56 Å². The van der Waals surface area contributed by atoms with Crippen molar-refractivity contribution in [1.29, 1.82) is 0 Å². The van der Waals surface area contributed by atoms with Gasteiger partial charge < -0.3 is 15.3 Å². The Kier molecular flexibility index (Phi) is 7.30. The highest BCUT2D eigenvalue weighted by molar-refractivity contribution is 5.84. The third-order valence-corrected chi connectivity index (χ3v) is 6.98. The van der Waals surface area contributed by atoms with Crippen LogP contribution < -0.4 is 10.9 Å². The van der Waals surface area contributed by atoms with Crippen molar-refractivity contribution < 1.29 is 9.94 Å². The predicted molar refractivity (Wildman–Crippen MR) is 152 cm³/mol. The summed E-state index contributed by atoms with van der Waals surface area (Å²) in [6.45, 7) is 7.38. The number of pyridine rings is 1. The molecule has 39 heavy (non-hydrogen) atoms. The molecule has 10 nitrogen and oxygen atoms in total. The van der Waals surface area contributed by atoms with Crippen molar-refractivity contribution in [3.8, 4) is 5.82 Å². The Balaban J connectivity index is 1.45. The molecule has 0 atom stereocenters. The first-order valence-corrected chi connectivity index (χ1v) is 13.0. The van der Waals surface area contributed by atoms with E-state index >= 15 is 0 Å². The molecule has 0 saturated heterocycles. The summed E-state index contributed by atoms with van der Waals surface area (Å²) in [5.74, 6) is 1.31. The molecule has 1 aromatic carbocycles. The van der Waals surface area contributed by atoms with E-state index in [4.69, 9.17) is 9.82 Å². The fourth-order valence-electron chi connectivity index (χ4n) is 4.96. The molecule has 5 rings (SSSR count). The normalized spacial score (nSPS) is 15.8. The lowest BCUT2D eigenvalue weighted by Gasteiger charge is -2.23. The Labute approximate surface area is 226 Å². The molecule has 202 valence electrons. The molecule has 3 aromatic heterocycles. The number of allylic oxidation sites excluding steroid dienone is 1. The van der Waals surface area contributed by atoms with Crippen molar-refractivity contribution in [3.05, 3.63) is 82.9 Å². The average molecular weight is 528 g/mol. The number of hydrogen-bond acceptors (Lipinski definition) is 8. The highest BCUT2D eigenvalue weighted by atomic mass is 16.6. The van der Waals surface area contributed by atoms with Gasteiger partial charge in [0, 0.05) is 11.9 Å². The van der Waals surface area contributed by atoms with E-state index in [-0.39, 0.29) is 12.1 Å². The number of benzene rings is 1. The number of nitrogens with one attached hydrogen (secondary N) is 1. The Bertz CT molecular complexity index is 1570. The van der Waals surface area contributed by atoms with Gasteiger partial charge in [-0.25, -0.2) is 19.3 Å². The monoisotopic (exact) mass is 527 g/mol. The molecule has 1 fully saturated rings. The quantitative estimate of drug-likeness (QED) is 0.250. The lowest BCUT2D eigenvalue weighted by Crippen LogP contribution is -2.23. The minimum Gasteiger partial charge on any atom is -0.399 e. The van der Waals surface area contributed by atoms with Gasteiger partial charge in [0.2, 0.25) is 5.95 Å². The van der Waals surface area contributed by atoms with Crippen LogP contribution in [0, 0.1) is 0 Å². The minimum absolute atomic E-state index is 0.248. The second-order valence-electron chi connectivity index (χ2n) is 10.2. The van der Waals surface area contributed by atoms with Gasteiger partial charge in [0.05, 0.1) is 18.0 Å². The summed E-state index contributed by atoms with van der Waals surface area (Å²) in [7, 11) is 1.59. The van der Waals surface area contributed by atoms with Crippen LogP contribution in [0.25, 0.3) is 16.9 Å².